The molecular formula is C28H34N2. The molecule has 0 N–H and O–H groups in total. The zero-order chi connectivity index (χ0) is 20.8. The number of aryl methyl sites for hydroxylation is 1. The maximum atomic E-state index is 4.81. The van der Waals surface area contributed by atoms with Crippen LogP contribution in [0.3, 0.4) is 0 Å². The molecule has 0 bridgehead atoms. The van der Waals surface area contributed by atoms with Crippen LogP contribution >= 0.6 is 0 Å². The van der Waals surface area contributed by atoms with E-state index in [1.165, 1.54) is 60.3 Å². The Morgan fingerprint density at radius 1 is 0.900 bits per heavy atom. The number of allylic oxidation sites excluding steroid dienone is 2. The lowest BCUT2D eigenvalue weighted by Crippen LogP contribution is -2.04. The topological polar surface area (TPSA) is 17.8 Å². The van der Waals surface area contributed by atoms with E-state index >= 15 is 0 Å². The minimum atomic E-state index is 0.570. The summed E-state index contributed by atoms with van der Waals surface area (Å²) in [5, 5.41) is 0. The third-order valence-corrected chi connectivity index (χ3v) is 6.29. The second-order valence-corrected chi connectivity index (χ2v) is 8.86. The molecule has 0 atom stereocenters. The van der Waals surface area contributed by atoms with Crippen molar-refractivity contribution < 1.29 is 0 Å². The van der Waals surface area contributed by atoms with Crippen LogP contribution in [0.4, 0.5) is 0 Å². The number of aromatic nitrogens is 2. The molecule has 2 nitrogen and oxygen atoms in total. The van der Waals surface area contributed by atoms with Crippen molar-refractivity contribution in [3.05, 3.63) is 89.4 Å². The third kappa shape index (κ3) is 5.11. The van der Waals surface area contributed by atoms with Crippen LogP contribution in [-0.2, 0) is 19.4 Å². The van der Waals surface area contributed by atoms with Crippen molar-refractivity contribution >= 4 is 0 Å². The average molecular weight is 399 g/mol. The maximum absolute atomic E-state index is 4.81. The first-order chi connectivity index (χ1) is 14.7. The first-order valence-electron chi connectivity index (χ1n) is 11.6. The van der Waals surface area contributed by atoms with Gasteiger partial charge in [0.1, 0.15) is 5.82 Å². The van der Waals surface area contributed by atoms with Gasteiger partial charge in [-0.1, -0.05) is 86.5 Å². The summed E-state index contributed by atoms with van der Waals surface area (Å²) < 4.78 is 2.43. The summed E-state index contributed by atoms with van der Waals surface area (Å²) in [6, 6.07) is 19.9. The van der Waals surface area contributed by atoms with Crippen LogP contribution < -0.4 is 0 Å². The molecule has 0 saturated carbocycles. The van der Waals surface area contributed by atoms with E-state index in [1.807, 2.05) is 0 Å². The quantitative estimate of drug-likeness (QED) is 0.286. The first kappa shape index (κ1) is 20.7. The number of nitrogens with zero attached hydrogens (tertiary/aromatic N) is 2. The Morgan fingerprint density at radius 2 is 1.67 bits per heavy atom. The highest BCUT2D eigenvalue weighted by Crippen LogP contribution is 2.27. The fourth-order valence-electron chi connectivity index (χ4n) is 4.44. The van der Waals surface area contributed by atoms with Crippen LogP contribution in [0.25, 0.3) is 11.3 Å². The van der Waals surface area contributed by atoms with Gasteiger partial charge in [0.15, 0.2) is 0 Å². The summed E-state index contributed by atoms with van der Waals surface area (Å²) in [6.45, 7) is 5.53. The van der Waals surface area contributed by atoms with Crippen molar-refractivity contribution in [2.24, 2.45) is 0 Å². The normalized spacial score (nSPS) is 13.8. The van der Waals surface area contributed by atoms with Gasteiger partial charge >= 0.3 is 0 Å². The second kappa shape index (κ2) is 9.93. The van der Waals surface area contributed by atoms with Crippen molar-refractivity contribution in [1.29, 1.82) is 0 Å². The van der Waals surface area contributed by atoms with Gasteiger partial charge in [0.2, 0.25) is 0 Å². The number of hydrogen-bond acceptors (Lipinski definition) is 1. The van der Waals surface area contributed by atoms with E-state index in [9.17, 15) is 0 Å². The van der Waals surface area contributed by atoms with E-state index < -0.39 is 0 Å². The average Bonchev–Trinajstić information content (AvgIpc) is 3.05. The highest BCUT2D eigenvalue weighted by molar-refractivity contribution is 5.60. The van der Waals surface area contributed by atoms with Gasteiger partial charge in [-0.25, -0.2) is 4.98 Å². The van der Waals surface area contributed by atoms with Gasteiger partial charge in [0.05, 0.1) is 11.9 Å². The largest absolute Gasteiger partial charge is 0.327 e. The fourth-order valence-corrected chi connectivity index (χ4v) is 4.44. The molecule has 0 saturated heterocycles. The number of fused-ring (bicyclic) bond motifs is 1. The zero-order valence-electron chi connectivity index (χ0n) is 18.5. The highest BCUT2D eigenvalue weighted by atomic mass is 15.1. The Morgan fingerprint density at radius 3 is 2.43 bits per heavy atom. The molecular weight excluding hydrogens is 364 g/mol. The summed E-state index contributed by atoms with van der Waals surface area (Å²) in [4.78, 5) is 4.81. The standard InChI is InChI=1S/C28H34N2/c1-22(2)25-15-17-26(18-16-25)27-21-29-28-20-24(14-9-19-30(27)28)13-8-4-7-12-23-10-5-3-6-11-23/h3,5-6,10-11,14-18,21-22H,4,7-9,12-13,19-20H2,1-2H3. The number of unbranched alkanes of at least 4 members (excludes halogenated alkanes) is 2. The van der Waals surface area contributed by atoms with Crippen LogP contribution in [0.2, 0.25) is 0 Å². The number of benzene rings is 2. The Kier molecular flexibility index (Phi) is 6.84. The van der Waals surface area contributed by atoms with Crippen LogP contribution in [0.15, 0.2) is 72.4 Å². The highest BCUT2D eigenvalue weighted by Gasteiger charge is 2.15. The summed E-state index contributed by atoms with van der Waals surface area (Å²) in [5.74, 6) is 1.80. The molecule has 2 heteroatoms. The Bertz CT molecular complexity index is 962. The minimum Gasteiger partial charge on any atom is -0.327 e. The van der Waals surface area contributed by atoms with Crippen LogP contribution in [0.5, 0.6) is 0 Å². The fraction of sp³-hybridized carbons (Fsp3) is 0.393. The molecule has 0 spiro atoms. The molecule has 156 valence electrons. The molecule has 1 aromatic heterocycles. The van der Waals surface area contributed by atoms with Gasteiger partial charge in [0, 0.05) is 13.0 Å². The summed E-state index contributed by atoms with van der Waals surface area (Å²) >= 11 is 0. The van der Waals surface area contributed by atoms with E-state index in [-0.39, 0.29) is 0 Å². The minimum absolute atomic E-state index is 0.570. The maximum Gasteiger partial charge on any atom is 0.113 e. The summed E-state index contributed by atoms with van der Waals surface area (Å²) in [7, 11) is 0. The molecule has 2 aromatic carbocycles. The predicted molar refractivity (Wildman–Crippen MR) is 127 cm³/mol. The van der Waals surface area contributed by atoms with E-state index in [1.54, 1.807) is 5.57 Å². The molecule has 0 aliphatic carbocycles. The number of hydrogen-bond donors (Lipinski definition) is 0. The van der Waals surface area contributed by atoms with Crippen molar-refractivity contribution in [1.82, 2.24) is 9.55 Å². The zero-order valence-corrected chi connectivity index (χ0v) is 18.5. The Hall–Kier alpha value is -2.61. The van der Waals surface area contributed by atoms with Gasteiger partial charge in [-0.15, -0.1) is 0 Å². The van der Waals surface area contributed by atoms with E-state index in [4.69, 9.17) is 4.98 Å². The van der Waals surface area contributed by atoms with Gasteiger partial charge in [-0.2, -0.15) is 0 Å². The molecule has 2 heterocycles. The monoisotopic (exact) mass is 398 g/mol. The van der Waals surface area contributed by atoms with E-state index in [0.717, 1.165) is 19.4 Å². The molecule has 1 aliphatic rings. The van der Waals surface area contributed by atoms with Crippen molar-refractivity contribution in [2.45, 2.75) is 71.3 Å². The van der Waals surface area contributed by atoms with Gasteiger partial charge in [0.25, 0.3) is 0 Å². The Labute approximate surface area is 181 Å². The van der Waals surface area contributed by atoms with Gasteiger partial charge in [-0.3, -0.25) is 0 Å². The lowest BCUT2D eigenvalue weighted by molar-refractivity contribution is 0.664. The lowest BCUT2D eigenvalue weighted by Gasteiger charge is -2.11. The predicted octanol–water partition coefficient (Wildman–Crippen LogP) is 7.35. The lowest BCUT2D eigenvalue weighted by atomic mass is 10.0. The smallest absolute Gasteiger partial charge is 0.113 e. The van der Waals surface area contributed by atoms with Crippen LogP contribution in [0, 0.1) is 0 Å². The van der Waals surface area contributed by atoms with Crippen molar-refractivity contribution in [2.75, 3.05) is 0 Å². The molecule has 0 radical (unpaired) electrons. The van der Waals surface area contributed by atoms with E-state index in [2.05, 4.69) is 85.3 Å². The molecule has 4 rings (SSSR count). The molecule has 1 aliphatic heterocycles. The van der Waals surface area contributed by atoms with E-state index in [0.29, 0.717) is 5.92 Å². The Balaban J connectivity index is 1.32. The van der Waals surface area contributed by atoms with Crippen molar-refractivity contribution in [3.63, 3.8) is 0 Å². The van der Waals surface area contributed by atoms with Gasteiger partial charge in [-0.05, 0) is 54.7 Å². The molecule has 30 heavy (non-hydrogen) atoms. The molecule has 0 unspecified atom stereocenters. The third-order valence-electron chi connectivity index (χ3n) is 6.29. The molecule has 3 aromatic rings. The molecule has 0 fully saturated rings. The number of rotatable bonds is 8. The van der Waals surface area contributed by atoms with Crippen molar-refractivity contribution in [3.8, 4) is 11.3 Å². The second-order valence-electron chi connectivity index (χ2n) is 8.86. The summed E-state index contributed by atoms with van der Waals surface area (Å²) in [5.41, 5.74) is 6.97. The van der Waals surface area contributed by atoms with Crippen LogP contribution in [-0.4, -0.2) is 9.55 Å². The van der Waals surface area contributed by atoms with Gasteiger partial charge < -0.3 is 4.57 Å². The number of imidazole rings is 1. The molecule has 0 amide bonds. The first-order valence-corrected chi connectivity index (χ1v) is 11.6. The van der Waals surface area contributed by atoms with Crippen LogP contribution in [0.1, 0.15) is 68.8 Å². The summed E-state index contributed by atoms with van der Waals surface area (Å²) in [6.07, 6.45) is 12.9. The SMILES string of the molecule is CC(C)c1ccc(-c2cnc3n2CCC=C(CCCCCc2ccccc2)C3)cc1.